The van der Waals surface area contributed by atoms with E-state index in [-0.39, 0.29) is 6.10 Å². The summed E-state index contributed by atoms with van der Waals surface area (Å²) in [6, 6.07) is 0.543. The highest BCUT2D eigenvalue weighted by molar-refractivity contribution is 4.91. The van der Waals surface area contributed by atoms with Crippen LogP contribution in [0, 0.1) is 17.3 Å². The highest BCUT2D eigenvalue weighted by Gasteiger charge is 2.38. The molecule has 1 aliphatic rings. The van der Waals surface area contributed by atoms with Gasteiger partial charge in [0.1, 0.15) is 0 Å². The second kappa shape index (κ2) is 5.71. The Morgan fingerprint density at radius 2 is 1.82 bits per heavy atom. The van der Waals surface area contributed by atoms with Crippen LogP contribution in [0.15, 0.2) is 0 Å². The fourth-order valence-electron chi connectivity index (χ4n) is 3.33. The summed E-state index contributed by atoms with van der Waals surface area (Å²) in [4.78, 5) is 2.48. The maximum atomic E-state index is 9.92. The van der Waals surface area contributed by atoms with Gasteiger partial charge in [-0.1, -0.05) is 34.6 Å². The van der Waals surface area contributed by atoms with Gasteiger partial charge in [0.05, 0.1) is 6.10 Å². The number of aliphatic hydroxyl groups excluding tert-OH is 1. The van der Waals surface area contributed by atoms with E-state index >= 15 is 0 Å². The molecule has 1 N–H and O–H groups in total. The molecule has 0 radical (unpaired) electrons. The number of rotatable bonds is 3. The number of nitrogens with zero attached hydrogens (tertiary/aromatic N) is 1. The van der Waals surface area contributed by atoms with Crippen LogP contribution in [0.25, 0.3) is 0 Å². The second-order valence-electron chi connectivity index (χ2n) is 7.34. The molecule has 0 aliphatic heterocycles. The summed E-state index contributed by atoms with van der Waals surface area (Å²) in [7, 11) is 2.22. The van der Waals surface area contributed by atoms with Gasteiger partial charge in [0.15, 0.2) is 0 Å². The minimum atomic E-state index is -0.0896. The van der Waals surface area contributed by atoms with Gasteiger partial charge >= 0.3 is 0 Å². The SMILES string of the molecule is CC(C)CN(C)C1CC(O)CCC1C(C)(C)C. The molecule has 1 rings (SSSR count). The topological polar surface area (TPSA) is 23.5 Å². The van der Waals surface area contributed by atoms with Crippen LogP contribution in [-0.4, -0.2) is 35.7 Å². The first-order chi connectivity index (χ1) is 7.71. The van der Waals surface area contributed by atoms with Crippen molar-refractivity contribution in [2.45, 2.75) is 66.0 Å². The Labute approximate surface area is 107 Å². The number of hydrogen-bond acceptors (Lipinski definition) is 2. The Kier molecular flexibility index (Phi) is 5.03. The molecule has 3 atom stereocenters. The van der Waals surface area contributed by atoms with E-state index in [0.717, 1.165) is 25.8 Å². The molecule has 17 heavy (non-hydrogen) atoms. The minimum Gasteiger partial charge on any atom is -0.393 e. The van der Waals surface area contributed by atoms with Crippen molar-refractivity contribution in [1.82, 2.24) is 4.90 Å². The summed E-state index contributed by atoms with van der Waals surface area (Å²) < 4.78 is 0. The zero-order chi connectivity index (χ0) is 13.2. The first kappa shape index (κ1) is 15.0. The highest BCUT2D eigenvalue weighted by atomic mass is 16.3. The molecular formula is C15H31NO. The van der Waals surface area contributed by atoms with Crippen molar-refractivity contribution in [3.8, 4) is 0 Å². The van der Waals surface area contributed by atoms with Crippen LogP contribution in [0.4, 0.5) is 0 Å². The van der Waals surface area contributed by atoms with Gasteiger partial charge in [0.2, 0.25) is 0 Å². The van der Waals surface area contributed by atoms with Gasteiger partial charge in [-0.05, 0) is 43.6 Å². The van der Waals surface area contributed by atoms with E-state index in [0.29, 0.717) is 23.3 Å². The maximum absolute atomic E-state index is 9.92. The lowest BCUT2D eigenvalue weighted by Gasteiger charge is -2.46. The zero-order valence-corrected chi connectivity index (χ0v) is 12.5. The molecule has 0 bridgehead atoms. The van der Waals surface area contributed by atoms with Crippen molar-refractivity contribution in [1.29, 1.82) is 0 Å². The normalized spacial score (nSPS) is 31.2. The quantitative estimate of drug-likeness (QED) is 0.820. The van der Waals surface area contributed by atoms with E-state index in [1.54, 1.807) is 0 Å². The Bertz CT molecular complexity index is 232. The lowest BCUT2D eigenvalue weighted by Crippen LogP contribution is -2.49. The molecule has 102 valence electrons. The van der Waals surface area contributed by atoms with Gasteiger partial charge in [-0.3, -0.25) is 0 Å². The lowest BCUT2D eigenvalue weighted by atomic mass is 9.68. The lowest BCUT2D eigenvalue weighted by molar-refractivity contribution is -0.00545. The van der Waals surface area contributed by atoms with Crippen molar-refractivity contribution in [3.05, 3.63) is 0 Å². The smallest absolute Gasteiger partial charge is 0.0555 e. The average molecular weight is 241 g/mol. The van der Waals surface area contributed by atoms with E-state index < -0.39 is 0 Å². The fourth-order valence-corrected chi connectivity index (χ4v) is 3.33. The average Bonchev–Trinajstić information content (AvgIpc) is 2.14. The third-order valence-corrected chi connectivity index (χ3v) is 4.12. The van der Waals surface area contributed by atoms with Gasteiger partial charge in [-0.15, -0.1) is 0 Å². The molecule has 2 nitrogen and oxygen atoms in total. The molecule has 0 amide bonds. The van der Waals surface area contributed by atoms with Gasteiger partial charge in [-0.25, -0.2) is 0 Å². The molecule has 1 saturated carbocycles. The van der Waals surface area contributed by atoms with Crippen LogP contribution in [0.1, 0.15) is 53.9 Å². The predicted molar refractivity (Wildman–Crippen MR) is 74.1 cm³/mol. The standard InChI is InChI=1S/C15H31NO/c1-11(2)10-16(6)14-9-12(17)7-8-13(14)15(3,4)5/h11-14,17H,7-10H2,1-6H3. The summed E-state index contributed by atoms with van der Waals surface area (Å²) in [5.41, 5.74) is 0.343. The van der Waals surface area contributed by atoms with E-state index in [4.69, 9.17) is 0 Å². The summed E-state index contributed by atoms with van der Waals surface area (Å²) >= 11 is 0. The molecule has 1 fully saturated rings. The Hall–Kier alpha value is -0.0800. The van der Waals surface area contributed by atoms with Crippen molar-refractivity contribution in [2.24, 2.45) is 17.3 Å². The summed E-state index contributed by atoms with van der Waals surface area (Å²) in [6.07, 6.45) is 3.00. The van der Waals surface area contributed by atoms with Gasteiger partial charge in [0, 0.05) is 12.6 Å². The highest BCUT2D eigenvalue weighted by Crippen LogP contribution is 2.40. The predicted octanol–water partition coefficient (Wildman–Crippen LogP) is 3.15. The molecule has 1 aliphatic carbocycles. The van der Waals surface area contributed by atoms with Crippen molar-refractivity contribution in [2.75, 3.05) is 13.6 Å². The van der Waals surface area contributed by atoms with E-state index in [2.05, 4.69) is 46.6 Å². The Morgan fingerprint density at radius 1 is 1.24 bits per heavy atom. The van der Waals surface area contributed by atoms with Crippen LogP contribution >= 0.6 is 0 Å². The van der Waals surface area contributed by atoms with Crippen molar-refractivity contribution < 1.29 is 5.11 Å². The third-order valence-electron chi connectivity index (χ3n) is 4.12. The summed E-state index contributed by atoms with van der Waals surface area (Å²) in [5.74, 6) is 1.40. The van der Waals surface area contributed by atoms with Crippen molar-refractivity contribution >= 4 is 0 Å². The van der Waals surface area contributed by atoms with Crippen LogP contribution in [0.2, 0.25) is 0 Å². The van der Waals surface area contributed by atoms with Crippen LogP contribution in [-0.2, 0) is 0 Å². The zero-order valence-electron chi connectivity index (χ0n) is 12.5. The maximum Gasteiger partial charge on any atom is 0.0555 e. The number of hydrogen-bond donors (Lipinski definition) is 1. The largest absolute Gasteiger partial charge is 0.393 e. The Morgan fingerprint density at radius 3 is 2.29 bits per heavy atom. The molecule has 0 spiro atoms. The third kappa shape index (κ3) is 4.26. The second-order valence-corrected chi connectivity index (χ2v) is 7.34. The molecule has 0 aromatic carbocycles. The number of aliphatic hydroxyl groups is 1. The van der Waals surface area contributed by atoms with Gasteiger partial charge in [0.25, 0.3) is 0 Å². The molecular weight excluding hydrogens is 210 g/mol. The van der Waals surface area contributed by atoms with Crippen LogP contribution < -0.4 is 0 Å². The van der Waals surface area contributed by atoms with E-state index in [1.165, 1.54) is 0 Å². The molecule has 2 heteroatoms. The monoisotopic (exact) mass is 241 g/mol. The van der Waals surface area contributed by atoms with E-state index in [9.17, 15) is 5.11 Å². The minimum absolute atomic E-state index is 0.0896. The molecule has 0 aromatic rings. The summed E-state index contributed by atoms with van der Waals surface area (Å²) in [5, 5.41) is 9.92. The molecule has 0 aromatic heterocycles. The van der Waals surface area contributed by atoms with E-state index in [1.807, 2.05) is 0 Å². The first-order valence-corrected chi connectivity index (χ1v) is 7.10. The summed E-state index contributed by atoms with van der Waals surface area (Å²) in [6.45, 7) is 12.7. The van der Waals surface area contributed by atoms with Crippen molar-refractivity contribution in [3.63, 3.8) is 0 Å². The van der Waals surface area contributed by atoms with Crippen LogP contribution in [0.5, 0.6) is 0 Å². The molecule has 0 heterocycles. The van der Waals surface area contributed by atoms with Crippen LogP contribution in [0.3, 0.4) is 0 Å². The van der Waals surface area contributed by atoms with Gasteiger partial charge in [-0.2, -0.15) is 0 Å². The molecule has 0 saturated heterocycles. The Balaban J connectivity index is 2.74. The molecule has 3 unspecified atom stereocenters. The fraction of sp³-hybridized carbons (Fsp3) is 1.00. The van der Waals surface area contributed by atoms with Gasteiger partial charge < -0.3 is 10.0 Å². The first-order valence-electron chi connectivity index (χ1n) is 7.10.